The number of hydrogen-bond donors (Lipinski definition) is 1. The maximum atomic E-state index is 12.1. The first-order valence-corrected chi connectivity index (χ1v) is 12.0. The molecule has 178 valence electrons. The fourth-order valence-electron chi connectivity index (χ4n) is 4.58. The van der Waals surface area contributed by atoms with Crippen LogP contribution in [0.3, 0.4) is 0 Å². The van der Waals surface area contributed by atoms with Gasteiger partial charge < -0.3 is 10.2 Å². The Morgan fingerprint density at radius 3 is 2.68 bits per heavy atom. The van der Waals surface area contributed by atoms with Crippen LogP contribution in [0.1, 0.15) is 39.2 Å². The summed E-state index contributed by atoms with van der Waals surface area (Å²) in [4.78, 5) is 18.8. The van der Waals surface area contributed by atoms with Crippen molar-refractivity contribution < 1.29 is 4.79 Å². The molecule has 1 unspecified atom stereocenters. The number of rotatable bonds is 9. The van der Waals surface area contributed by atoms with Crippen molar-refractivity contribution in [2.24, 2.45) is 0 Å². The molecule has 5 heterocycles. The third-order valence-corrected chi connectivity index (χ3v) is 6.67. The lowest BCUT2D eigenvalue weighted by atomic mass is 10.1. The molecule has 1 aliphatic heterocycles. The van der Waals surface area contributed by atoms with Crippen LogP contribution in [0.4, 0.5) is 0 Å². The quantitative estimate of drug-likeness (QED) is 0.412. The van der Waals surface area contributed by atoms with Crippen molar-refractivity contribution in [1.29, 1.82) is 0 Å². The van der Waals surface area contributed by atoms with Gasteiger partial charge in [0.2, 0.25) is 5.91 Å². The van der Waals surface area contributed by atoms with E-state index in [4.69, 9.17) is 4.98 Å². The SMILES string of the molecule is CCC(CC)n1cc(-c2nc(-c3cnn(CCNC4CCN(C)C4=O)c3)cn3nccc23)cn1. The van der Waals surface area contributed by atoms with Gasteiger partial charge >= 0.3 is 0 Å². The van der Waals surface area contributed by atoms with Crippen molar-refractivity contribution in [2.45, 2.75) is 51.7 Å². The summed E-state index contributed by atoms with van der Waals surface area (Å²) in [6.07, 6.45) is 14.4. The maximum Gasteiger partial charge on any atom is 0.239 e. The Hall–Kier alpha value is -3.53. The summed E-state index contributed by atoms with van der Waals surface area (Å²) in [5.41, 5.74) is 4.49. The maximum absolute atomic E-state index is 12.1. The van der Waals surface area contributed by atoms with Gasteiger partial charge in [0.05, 0.1) is 60.3 Å². The molecule has 1 N–H and O–H groups in total. The van der Waals surface area contributed by atoms with Crippen LogP contribution in [-0.4, -0.2) is 71.1 Å². The highest BCUT2D eigenvalue weighted by atomic mass is 16.2. The number of likely N-dealkylation sites (tertiary alicyclic amines) is 1. The van der Waals surface area contributed by atoms with Crippen LogP contribution >= 0.6 is 0 Å². The number of aromatic nitrogens is 7. The van der Waals surface area contributed by atoms with Gasteiger partial charge in [0.1, 0.15) is 0 Å². The molecule has 0 radical (unpaired) electrons. The van der Waals surface area contributed by atoms with Gasteiger partial charge in [-0.2, -0.15) is 15.3 Å². The van der Waals surface area contributed by atoms with Crippen molar-refractivity contribution in [3.8, 4) is 22.5 Å². The zero-order valence-electron chi connectivity index (χ0n) is 19.9. The van der Waals surface area contributed by atoms with E-state index in [0.717, 1.165) is 53.8 Å². The van der Waals surface area contributed by atoms with Crippen LogP contribution in [0.2, 0.25) is 0 Å². The lowest BCUT2D eigenvalue weighted by molar-refractivity contribution is -0.128. The van der Waals surface area contributed by atoms with Crippen LogP contribution in [-0.2, 0) is 11.3 Å². The molecular formula is C24H31N9O. The Morgan fingerprint density at radius 1 is 1.09 bits per heavy atom. The van der Waals surface area contributed by atoms with Gasteiger partial charge in [-0.05, 0) is 25.3 Å². The second-order valence-electron chi connectivity index (χ2n) is 8.86. The number of carbonyl (C=O) groups excluding carboxylic acids is 1. The minimum atomic E-state index is -0.0904. The summed E-state index contributed by atoms with van der Waals surface area (Å²) in [6, 6.07) is 2.26. The molecule has 0 spiro atoms. The van der Waals surface area contributed by atoms with Crippen molar-refractivity contribution >= 4 is 11.4 Å². The van der Waals surface area contributed by atoms with Gasteiger partial charge in [0.15, 0.2) is 0 Å². The predicted molar refractivity (Wildman–Crippen MR) is 129 cm³/mol. The van der Waals surface area contributed by atoms with E-state index >= 15 is 0 Å². The lowest BCUT2D eigenvalue weighted by Gasteiger charge is -2.12. The topological polar surface area (TPSA) is 98.2 Å². The molecule has 5 rings (SSSR count). The number of likely N-dealkylation sites (N-methyl/N-ethyl adjacent to an activating group) is 1. The van der Waals surface area contributed by atoms with Gasteiger partial charge in [-0.25, -0.2) is 9.50 Å². The smallest absolute Gasteiger partial charge is 0.239 e. The fourth-order valence-corrected chi connectivity index (χ4v) is 4.58. The molecule has 10 nitrogen and oxygen atoms in total. The third-order valence-electron chi connectivity index (χ3n) is 6.67. The molecular weight excluding hydrogens is 430 g/mol. The van der Waals surface area contributed by atoms with E-state index in [1.165, 1.54) is 0 Å². The van der Waals surface area contributed by atoms with Gasteiger partial charge in [-0.1, -0.05) is 13.8 Å². The fraction of sp³-hybridized carbons (Fsp3) is 0.458. The summed E-state index contributed by atoms with van der Waals surface area (Å²) in [5.74, 6) is 0.165. The van der Waals surface area contributed by atoms with Gasteiger partial charge in [0.25, 0.3) is 0 Å². The molecule has 1 amide bonds. The molecule has 1 saturated heterocycles. The molecule has 34 heavy (non-hydrogen) atoms. The van der Waals surface area contributed by atoms with E-state index < -0.39 is 0 Å². The lowest BCUT2D eigenvalue weighted by Crippen LogP contribution is -2.38. The number of carbonyl (C=O) groups is 1. The van der Waals surface area contributed by atoms with Crippen LogP contribution in [0.25, 0.3) is 28.0 Å². The number of hydrogen-bond acceptors (Lipinski definition) is 6. The average molecular weight is 462 g/mol. The first-order chi connectivity index (χ1) is 16.6. The zero-order chi connectivity index (χ0) is 23.7. The Morgan fingerprint density at radius 2 is 1.91 bits per heavy atom. The highest BCUT2D eigenvalue weighted by Crippen LogP contribution is 2.27. The molecule has 0 aromatic carbocycles. The van der Waals surface area contributed by atoms with Crippen LogP contribution < -0.4 is 5.32 Å². The Bertz CT molecular complexity index is 1280. The minimum Gasteiger partial charge on any atom is -0.344 e. The van der Waals surface area contributed by atoms with Gasteiger partial charge in [-0.15, -0.1) is 0 Å². The van der Waals surface area contributed by atoms with Crippen LogP contribution in [0.15, 0.2) is 43.2 Å². The minimum absolute atomic E-state index is 0.0904. The van der Waals surface area contributed by atoms with E-state index in [1.54, 1.807) is 11.1 Å². The van der Waals surface area contributed by atoms with Crippen molar-refractivity contribution in [1.82, 2.24) is 44.4 Å². The van der Waals surface area contributed by atoms with Crippen LogP contribution in [0, 0.1) is 0 Å². The van der Waals surface area contributed by atoms with Crippen molar-refractivity contribution in [3.63, 3.8) is 0 Å². The summed E-state index contributed by atoms with van der Waals surface area (Å²) in [7, 11) is 1.85. The molecule has 10 heteroatoms. The number of amides is 1. The largest absolute Gasteiger partial charge is 0.344 e. The van der Waals surface area contributed by atoms with E-state index in [0.29, 0.717) is 19.1 Å². The molecule has 0 saturated carbocycles. The standard InChI is InChI=1S/C24H31N9O/c1-4-19(5-2)32-15-18(13-28-32)23-22-6-8-26-33(22)16-21(29-23)17-12-27-31(14-17)11-9-25-20-7-10-30(3)24(20)34/h6,8,12-16,19-20,25H,4-5,7,9-11H2,1-3H3. The van der Waals surface area contributed by atoms with Crippen molar-refractivity contribution in [3.05, 3.63) is 43.2 Å². The highest BCUT2D eigenvalue weighted by molar-refractivity contribution is 5.83. The Labute approximate surface area is 198 Å². The Balaban J connectivity index is 1.36. The predicted octanol–water partition coefficient (Wildman–Crippen LogP) is 2.64. The summed E-state index contributed by atoms with van der Waals surface area (Å²) < 4.78 is 5.77. The number of nitrogens with one attached hydrogen (secondary N) is 1. The van der Waals surface area contributed by atoms with E-state index in [1.807, 2.05) is 51.8 Å². The number of fused-ring (bicyclic) bond motifs is 1. The average Bonchev–Trinajstić information content (AvgIpc) is 3.64. The third kappa shape index (κ3) is 4.21. The summed E-state index contributed by atoms with van der Waals surface area (Å²) in [5, 5.41) is 16.9. The number of nitrogens with zero attached hydrogens (tertiary/aromatic N) is 8. The molecule has 0 bridgehead atoms. The molecule has 1 atom stereocenters. The Kier molecular flexibility index (Phi) is 6.14. The van der Waals surface area contributed by atoms with E-state index in [9.17, 15) is 4.79 Å². The monoisotopic (exact) mass is 461 g/mol. The van der Waals surface area contributed by atoms with E-state index in [-0.39, 0.29) is 11.9 Å². The normalized spacial score (nSPS) is 16.4. The second-order valence-corrected chi connectivity index (χ2v) is 8.86. The molecule has 0 aliphatic carbocycles. The molecule has 4 aromatic heterocycles. The van der Waals surface area contributed by atoms with E-state index in [2.05, 4.69) is 40.7 Å². The highest BCUT2D eigenvalue weighted by Gasteiger charge is 2.28. The van der Waals surface area contributed by atoms with Crippen molar-refractivity contribution in [2.75, 3.05) is 20.1 Å². The van der Waals surface area contributed by atoms with Gasteiger partial charge in [-0.3, -0.25) is 14.2 Å². The molecule has 4 aromatic rings. The second kappa shape index (κ2) is 9.38. The first-order valence-electron chi connectivity index (χ1n) is 12.0. The zero-order valence-corrected chi connectivity index (χ0v) is 19.9. The first kappa shape index (κ1) is 22.3. The summed E-state index contributed by atoms with van der Waals surface area (Å²) >= 11 is 0. The summed E-state index contributed by atoms with van der Waals surface area (Å²) in [6.45, 7) is 6.52. The van der Waals surface area contributed by atoms with Crippen LogP contribution in [0.5, 0.6) is 0 Å². The molecule has 1 fully saturated rings. The van der Waals surface area contributed by atoms with Gasteiger partial charge in [0, 0.05) is 43.7 Å². The molecule has 1 aliphatic rings.